The van der Waals surface area contributed by atoms with E-state index in [1.54, 1.807) is 0 Å². The third-order valence-electron chi connectivity index (χ3n) is 9.61. The predicted molar refractivity (Wildman–Crippen MR) is 152 cm³/mol. The van der Waals surface area contributed by atoms with E-state index in [0.717, 1.165) is 47.6 Å². The van der Waals surface area contributed by atoms with E-state index >= 15 is 0 Å². The molecule has 36 heavy (non-hydrogen) atoms. The zero-order chi connectivity index (χ0) is 25.6. The van der Waals surface area contributed by atoms with Gasteiger partial charge < -0.3 is 0 Å². The van der Waals surface area contributed by atoms with Gasteiger partial charge in [0.2, 0.25) is 0 Å². The van der Waals surface area contributed by atoms with E-state index < -0.39 is 0 Å². The molecule has 2 saturated carbocycles. The molecule has 0 saturated heterocycles. The van der Waals surface area contributed by atoms with Gasteiger partial charge in [0.25, 0.3) is 0 Å². The molecule has 2 aliphatic rings. The van der Waals surface area contributed by atoms with E-state index in [2.05, 4.69) is 38.1 Å². The minimum Gasteiger partial charge on any atom is -0.192 e. The minimum absolute atomic E-state index is 0.669. The van der Waals surface area contributed by atoms with Crippen molar-refractivity contribution < 1.29 is 0 Å². The highest BCUT2D eigenvalue weighted by Gasteiger charge is 2.23. The van der Waals surface area contributed by atoms with Crippen molar-refractivity contribution in [2.24, 2.45) is 23.7 Å². The molecule has 0 bridgehead atoms. The van der Waals surface area contributed by atoms with E-state index in [-0.39, 0.29) is 0 Å². The highest BCUT2D eigenvalue weighted by molar-refractivity contribution is 5.54. The number of rotatable bonds is 14. The first-order chi connectivity index (χ1) is 17.7. The Hall–Kier alpha value is -1.80. The van der Waals surface area contributed by atoms with Gasteiger partial charge in [-0.1, -0.05) is 129 Å². The number of hydrogen-bond donors (Lipinski definition) is 0. The SMILES string of the molecule is CCCCC[C@H]1CC[C@H](CCc2ccc(CC[C@H]3CC[C@H](CCCCC)CC3)c(C#N)c2C#N)CC1. The van der Waals surface area contributed by atoms with Crippen LogP contribution >= 0.6 is 0 Å². The fraction of sp³-hybridized carbons (Fsp3) is 0.765. The predicted octanol–water partition coefficient (Wildman–Crippen LogP) is 10.1. The third-order valence-corrected chi connectivity index (χ3v) is 9.61. The first kappa shape index (κ1) is 28.8. The summed E-state index contributed by atoms with van der Waals surface area (Å²) < 4.78 is 0. The van der Waals surface area contributed by atoms with Crippen molar-refractivity contribution >= 4 is 0 Å². The number of benzene rings is 1. The molecule has 2 heteroatoms. The van der Waals surface area contributed by atoms with E-state index in [1.807, 2.05) is 0 Å². The molecule has 3 rings (SSSR count). The summed E-state index contributed by atoms with van der Waals surface area (Å²) in [6.07, 6.45) is 26.3. The Morgan fingerprint density at radius 1 is 0.556 bits per heavy atom. The fourth-order valence-corrected chi connectivity index (χ4v) is 7.06. The van der Waals surface area contributed by atoms with Crippen LogP contribution in [0.4, 0.5) is 0 Å². The summed E-state index contributed by atoms with van der Waals surface area (Å²) in [7, 11) is 0. The zero-order valence-corrected chi connectivity index (χ0v) is 23.5. The van der Waals surface area contributed by atoms with Crippen LogP contribution in [0.25, 0.3) is 0 Å². The van der Waals surface area contributed by atoms with Gasteiger partial charge in [-0.3, -0.25) is 0 Å². The van der Waals surface area contributed by atoms with E-state index in [0.29, 0.717) is 11.1 Å². The molecule has 0 radical (unpaired) electrons. The van der Waals surface area contributed by atoms with E-state index in [9.17, 15) is 10.5 Å². The van der Waals surface area contributed by atoms with Crippen molar-refractivity contribution in [1.29, 1.82) is 10.5 Å². The summed E-state index contributed by atoms with van der Waals surface area (Å²) in [5.41, 5.74) is 3.55. The Kier molecular flexibility index (Phi) is 12.9. The van der Waals surface area contributed by atoms with Gasteiger partial charge in [-0.15, -0.1) is 0 Å². The summed E-state index contributed by atoms with van der Waals surface area (Å²) in [4.78, 5) is 0. The second kappa shape index (κ2) is 16.1. The lowest BCUT2D eigenvalue weighted by Crippen LogP contribution is -2.16. The Balaban J connectivity index is 1.47. The highest BCUT2D eigenvalue weighted by Crippen LogP contribution is 2.36. The largest absolute Gasteiger partial charge is 0.192 e. The summed E-state index contributed by atoms with van der Waals surface area (Å²) in [5, 5.41) is 19.9. The quantitative estimate of drug-likeness (QED) is 0.244. The number of aryl methyl sites for hydroxylation is 2. The number of unbranched alkanes of at least 4 members (excludes halogenated alkanes) is 4. The fourth-order valence-electron chi connectivity index (χ4n) is 7.06. The maximum atomic E-state index is 9.96. The lowest BCUT2D eigenvalue weighted by Gasteiger charge is -2.29. The Bertz CT molecular complexity index is 770. The second-order valence-electron chi connectivity index (χ2n) is 12.2. The van der Waals surface area contributed by atoms with Gasteiger partial charge in [-0.25, -0.2) is 0 Å². The Labute approximate surface area is 222 Å². The molecule has 0 amide bonds. The molecule has 198 valence electrons. The van der Waals surface area contributed by atoms with Crippen molar-refractivity contribution in [3.8, 4) is 12.1 Å². The van der Waals surface area contributed by atoms with Crippen molar-refractivity contribution in [1.82, 2.24) is 0 Å². The van der Waals surface area contributed by atoms with Crippen LogP contribution in [0.1, 0.15) is 152 Å². The van der Waals surface area contributed by atoms with Crippen molar-refractivity contribution in [3.05, 3.63) is 34.4 Å². The molecule has 0 aliphatic heterocycles. The molecule has 0 heterocycles. The molecular weight excluding hydrogens is 436 g/mol. The summed E-state index contributed by atoms with van der Waals surface area (Å²) in [6, 6.07) is 9.20. The van der Waals surface area contributed by atoms with Crippen molar-refractivity contribution in [2.45, 2.75) is 142 Å². The van der Waals surface area contributed by atoms with E-state index in [1.165, 1.54) is 116 Å². The molecule has 0 aromatic heterocycles. The third kappa shape index (κ3) is 8.94. The lowest BCUT2D eigenvalue weighted by atomic mass is 9.77. The molecule has 2 fully saturated rings. The smallest absolute Gasteiger partial charge is 0.101 e. The molecular formula is C34H52N2. The van der Waals surface area contributed by atoms with Gasteiger partial charge in [-0.05, 0) is 60.5 Å². The van der Waals surface area contributed by atoms with Crippen LogP contribution in [-0.4, -0.2) is 0 Å². The van der Waals surface area contributed by atoms with Crippen LogP contribution in [0.2, 0.25) is 0 Å². The normalized spacial score (nSPS) is 24.2. The molecule has 2 aliphatic carbocycles. The molecule has 1 aromatic rings. The maximum absolute atomic E-state index is 9.96. The summed E-state index contributed by atoms with van der Waals surface area (Å²) in [6.45, 7) is 4.58. The van der Waals surface area contributed by atoms with Crippen molar-refractivity contribution in [2.75, 3.05) is 0 Å². The minimum atomic E-state index is 0.669. The van der Waals surface area contributed by atoms with Crippen LogP contribution in [0, 0.1) is 46.3 Å². The van der Waals surface area contributed by atoms with Gasteiger partial charge in [0.05, 0.1) is 11.1 Å². The Morgan fingerprint density at radius 3 is 1.19 bits per heavy atom. The van der Waals surface area contributed by atoms with Crippen molar-refractivity contribution in [3.63, 3.8) is 0 Å². The van der Waals surface area contributed by atoms with Gasteiger partial charge in [0, 0.05) is 0 Å². The van der Waals surface area contributed by atoms with E-state index in [4.69, 9.17) is 0 Å². The molecule has 0 N–H and O–H groups in total. The Morgan fingerprint density at radius 2 is 0.889 bits per heavy atom. The second-order valence-corrected chi connectivity index (χ2v) is 12.2. The number of hydrogen-bond acceptors (Lipinski definition) is 2. The topological polar surface area (TPSA) is 47.6 Å². The number of nitrogens with zero attached hydrogens (tertiary/aromatic N) is 2. The lowest BCUT2D eigenvalue weighted by molar-refractivity contribution is 0.249. The van der Waals surface area contributed by atoms with Crippen LogP contribution in [0.5, 0.6) is 0 Å². The van der Waals surface area contributed by atoms with Gasteiger partial charge in [0.1, 0.15) is 12.1 Å². The number of nitriles is 2. The molecule has 0 unspecified atom stereocenters. The van der Waals surface area contributed by atoms with Gasteiger partial charge in [0.15, 0.2) is 0 Å². The summed E-state index contributed by atoms with van der Waals surface area (Å²) in [5.74, 6) is 3.48. The molecule has 0 atom stereocenters. The highest BCUT2D eigenvalue weighted by atomic mass is 14.3. The summed E-state index contributed by atoms with van der Waals surface area (Å²) >= 11 is 0. The standard InChI is InChI=1S/C34H52N2/c1-3-5-7-9-27-11-15-29(16-12-27)19-21-31-23-24-32(34(26-36)33(31)25-35)22-20-30-17-13-28(14-18-30)10-8-6-4-2/h23-24,27-30H,3-22H2,1-2H3/t27-,28-,29-,30-. The monoisotopic (exact) mass is 488 g/mol. The average molecular weight is 489 g/mol. The van der Waals surface area contributed by atoms with Gasteiger partial charge >= 0.3 is 0 Å². The maximum Gasteiger partial charge on any atom is 0.101 e. The molecule has 1 aromatic carbocycles. The van der Waals surface area contributed by atoms with Crippen LogP contribution in [0.3, 0.4) is 0 Å². The van der Waals surface area contributed by atoms with Crippen LogP contribution in [-0.2, 0) is 12.8 Å². The zero-order valence-electron chi connectivity index (χ0n) is 23.5. The first-order valence-corrected chi connectivity index (χ1v) is 15.6. The van der Waals surface area contributed by atoms with Crippen LogP contribution < -0.4 is 0 Å². The molecule has 2 nitrogen and oxygen atoms in total. The first-order valence-electron chi connectivity index (χ1n) is 15.6. The molecule has 0 spiro atoms. The average Bonchev–Trinajstić information content (AvgIpc) is 2.92. The van der Waals surface area contributed by atoms with Gasteiger partial charge in [-0.2, -0.15) is 10.5 Å². The van der Waals surface area contributed by atoms with Crippen LogP contribution in [0.15, 0.2) is 12.1 Å².